The summed E-state index contributed by atoms with van der Waals surface area (Å²) in [5.74, 6) is 0.407. The van der Waals surface area contributed by atoms with Gasteiger partial charge in [-0.05, 0) is 11.8 Å². The molecule has 1 aromatic heterocycles. The van der Waals surface area contributed by atoms with Crippen molar-refractivity contribution in [2.24, 2.45) is 5.41 Å². The topological polar surface area (TPSA) is 46.3 Å². The lowest BCUT2D eigenvalue weighted by Gasteiger charge is -2.20. The SMILES string of the molecule is CC(C)(C)CC(O)c1ncco1. The summed E-state index contributed by atoms with van der Waals surface area (Å²) in [5, 5.41) is 9.59. The van der Waals surface area contributed by atoms with Gasteiger partial charge in [-0.1, -0.05) is 20.8 Å². The first-order chi connectivity index (χ1) is 5.49. The van der Waals surface area contributed by atoms with Crippen molar-refractivity contribution in [1.29, 1.82) is 0 Å². The second-order valence-electron chi connectivity index (χ2n) is 4.15. The van der Waals surface area contributed by atoms with E-state index in [0.29, 0.717) is 12.3 Å². The molecule has 0 fully saturated rings. The molecule has 68 valence electrons. The van der Waals surface area contributed by atoms with Crippen LogP contribution in [0.2, 0.25) is 0 Å². The van der Waals surface area contributed by atoms with Gasteiger partial charge in [-0.3, -0.25) is 0 Å². The van der Waals surface area contributed by atoms with E-state index < -0.39 is 6.10 Å². The molecule has 1 rings (SSSR count). The molecule has 0 saturated heterocycles. The number of nitrogens with zero attached hydrogens (tertiary/aromatic N) is 1. The maximum atomic E-state index is 9.59. The van der Waals surface area contributed by atoms with Crippen LogP contribution in [0.25, 0.3) is 0 Å². The molecule has 1 unspecified atom stereocenters. The van der Waals surface area contributed by atoms with E-state index >= 15 is 0 Å². The Hall–Kier alpha value is -0.830. The molecule has 0 bridgehead atoms. The lowest BCUT2D eigenvalue weighted by Crippen LogP contribution is -2.11. The van der Waals surface area contributed by atoms with Crippen LogP contribution in [0.1, 0.15) is 39.2 Å². The van der Waals surface area contributed by atoms with Crippen LogP contribution in [0.4, 0.5) is 0 Å². The monoisotopic (exact) mass is 169 g/mol. The molecule has 3 nitrogen and oxygen atoms in total. The van der Waals surface area contributed by atoms with Gasteiger partial charge in [-0.25, -0.2) is 4.98 Å². The number of rotatable bonds is 2. The van der Waals surface area contributed by atoms with Crippen LogP contribution in [0, 0.1) is 5.41 Å². The normalized spacial score (nSPS) is 14.7. The minimum absolute atomic E-state index is 0.0912. The van der Waals surface area contributed by atoms with E-state index in [2.05, 4.69) is 25.8 Å². The molecule has 3 heteroatoms. The van der Waals surface area contributed by atoms with Crippen LogP contribution in [0.15, 0.2) is 16.9 Å². The van der Waals surface area contributed by atoms with Crippen molar-refractivity contribution in [2.45, 2.75) is 33.3 Å². The lowest BCUT2D eigenvalue weighted by molar-refractivity contribution is 0.0956. The van der Waals surface area contributed by atoms with Gasteiger partial charge in [0.05, 0.1) is 6.20 Å². The summed E-state index contributed by atoms with van der Waals surface area (Å²) in [6, 6.07) is 0. The van der Waals surface area contributed by atoms with Gasteiger partial charge in [0.1, 0.15) is 12.4 Å². The summed E-state index contributed by atoms with van der Waals surface area (Å²) < 4.78 is 4.98. The third-order valence-electron chi connectivity index (χ3n) is 1.54. The van der Waals surface area contributed by atoms with E-state index in [1.807, 2.05) is 0 Å². The van der Waals surface area contributed by atoms with Crippen molar-refractivity contribution >= 4 is 0 Å². The molecule has 0 radical (unpaired) electrons. The number of aromatic nitrogens is 1. The predicted octanol–water partition coefficient (Wildman–Crippen LogP) is 2.14. The molecule has 0 saturated carbocycles. The van der Waals surface area contributed by atoms with Gasteiger partial charge in [-0.2, -0.15) is 0 Å². The summed E-state index contributed by atoms with van der Waals surface area (Å²) in [4.78, 5) is 3.88. The van der Waals surface area contributed by atoms with Crippen LogP contribution in [-0.2, 0) is 0 Å². The first-order valence-electron chi connectivity index (χ1n) is 4.06. The van der Waals surface area contributed by atoms with Crippen molar-refractivity contribution in [3.63, 3.8) is 0 Å². The summed E-state index contributed by atoms with van der Waals surface area (Å²) in [6.07, 6.45) is 3.09. The van der Waals surface area contributed by atoms with Crippen molar-refractivity contribution in [3.05, 3.63) is 18.4 Å². The number of oxazole rings is 1. The van der Waals surface area contributed by atoms with Crippen LogP contribution >= 0.6 is 0 Å². The Bertz CT molecular complexity index is 223. The molecule has 1 aromatic rings. The minimum Gasteiger partial charge on any atom is -0.446 e. The maximum Gasteiger partial charge on any atom is 0.222 e. The molecule has 0 aliphatic heterocycles. The van der Waals surface area contributed by atoms with Gasteiger partial charge >= 0.3 is 0 Å². The minimum atomic E-state index is -0.583. The number of aliphatic hydroxyl groups excluding tert-OH is 1. The molecular formula is C9H15NO2. The van der Waals surface area contributed by atoms with Gasteiger partial charge in [0.2, 0.25) is 5.89 Å². The van der Waals surface area contributed by atoms with E-state index in [9.17, 15) is 5.11 Å². The van der Waals surface area contributed by atoms with Gasteiger partial charge in [0, 0.05) is 0 Å². The Labute approximate surface area is 72.4 Å². The highest BCUT2D eigenvalue weighted by molar-refractivity contribution is 4.87. The van der Waals surface area contributed by atoms with Crippen LogP contribution in [0.5, 0.6) is 0 Å². The molecule has 0 aromatic carbocycles. The molecule has 12 heavy (non-hydrogen) atoms. The van der Waals surface area contributed by atoms with Gasteiger partial charge in [-0.15, -0.1) is 0 Å². The Morgan fingerprint density at radius 2 is 2.25 bits per heavy atom. The zero-order valence-corrected chi connectivity index (χ0v) is 7.74. The molecule has 0 aliphatic rings. The number of hydrogen-bond acceptors (Lipinski definition) is 3. The zero-order chi connectivity index (χ0) is 9.19. The summed E-state index contributed by atoms with van der Waals surface area (Å²) >= 11 is 0. The van der Waals surface area contributed by atoms with Crippen molar-refractivity contribution < 1.29 is 9.52 Å². The number of aliphatic hydroxyl groups is 1. The molecule has 0 spiro atoms. The molecular weight excluding hydrogens is 154 g/mol. The van der Waals surface area contributed by atoms with E-state index in [0.717, 1.165) is 0 Å². The highest BCUT2D eigenvalue weighted by Gasteiger charge is 2.20. The third-order valence-corrected chi connectivity index (χ3v) is 1.54. The summed E-state index contributed by atoms with van der Waals surface area (Å²) in [7, 11) is 0. The van der Waals surface area contributed by atoms with Gasteiger partial charge < -0.3 is 9.52 Å². The predicted molar refractivity (Wildman–Crippen MR) is 45.5 cm³/mol. The Morgan fingerprint density at radius 3 is 2.67 bits per heavy atom. The largest absolute Gasteiger partial charge is 0.446 e. The van der Waals surface area contributed by atoms with Crippen LogP contribution < -0.4 is 0 Å². The smallest absolute Gasteiger partial charge is 0.222 e. The first kappa shape index (κ1) is 9.26. The fraction of sp³-hybridized carbons (Fsp3) is 0.667. The maximum absolute atomic E-state index is 9.59. The molecule has 1 heterocycles. The second kappa shape index (κ2) is 3.27. The molecule has 0 aliphatic carbocycles. The molecule has 0 amide bonds. The fourth-order valence-corrected chi connectivity index (χ4v) is 1.07. The lowest BCUT2D eigenvalue weighted by atomic mass is 9.89. The van der Waals surface area contributed by atoms with Gasteiger partial charge in [0.25, 0.3) is 0 Å². The average molecular weight is 169 g/mol. The van der Waals surface area contributed by atoms with Gasteiger partial charge in [0.15, 0.2) is 0 Å². The van der Waals surface area contributed by atoms with E-state index in [-0.39, 0.29) is 5.41 Å². The fourth-order valence-electron chi connectivity index (χ4n) is 1.07. The Morgan fingerprint density at radius 1 is 1.58 bits per heavy atom. The van der Waals surface area contributed by atoms with Crippen molar-refractivity contribution in [3.8, 4) is 0 Å². The number of hydrogen-bond donors (Lipinski definition) is 1. The van der Waals surface area contributed by atoms with Crippen molar-refractivity contribution in [2.75, 3.05) is 0 Å². The highest BCUT2D eigenvalue weighted by Crippen LogP contribution is 2.28. The summed E-state index contributed by atoms with van der Waals surface area (Å²) in [5.41, 5.74) is 0.0912. The van der Waals surface area contributed by atoms with Crippen LogP contribution in [0.3, 0.4) is 0 Å². The first-order valence-corrected chi connectivity index (χ1v) is 4.06. The standard InChI is InChI=1S/C9H15NO2/c1-9(2,3)6-7(11)8-10-4-5-12-8/h4-5,7,11H,6H2,1-3H3. The van der Waals surface area contributed by atoms with Crippen molar-refractivity contribution in [1.82, 2.24) is 4.98 Å². The summed E-state index contributed by atoms with van der Waals surface area (Å²) in [6.45, 7) is 6.21. The Kier molecular flexibility index (Phi) is 2.52. The second-order valence-corrected chi connectivity index (χ2v) is 4.15. The highest BCUT2D eigenvalue weighted by atomic mass is 16.4. The zero-order valence-electron chi connectivity index (χ0n) is 7.74. The van der Waals surface area contributed by atoms with E-state index in [4.69, 9.17) is 4.42 Å². The Balaban J connectivity index is 2.56. The third kappa shape index (κ3) is 2.66. The quantitative estimate of drug-likeness (QED) is 0.737. The van der Waals surface area contributed by atoms with E-state index in [1.165, 1.54) is 6.26 Å². The average Bonchev–Trinajstić information content (AvgIpc) is 2.32. The van der Waals surface area contributed by atoms with E-state index in [1.54, 1.807) is 6.20 Å². The molecule has 1 atom stereocenters. The van der Waals surface area contributed by atoms with Crippen LogP contribution in [-0.4, -0.2) is 10.1 Å². The molecule has 1 N–H and O–H groups in total.